The monoisotopic (exact) mass is 407 g/mol. The van der Waals surface area contributed by atoms with Gasteiger partial charge < -0.3 is 19.1 Å². The van der Waals surface area contributed by atoms with E-state index in [1.807, 2.05) is 18.2 Å². The van der Waals surface area contributed by atoms with Crippen molar-refractivity contribution in [3.05, 3.63) is 48.0 Å². The van der Waals surface area contributed by atoms with Gasteiger partial charge in [0, 0.05) is 5.56 Å². The molecule has 1 fully saturated rings. The number of hydrogen-bond acceptors (Lipinski definition) is 5. The van der Waals surface area contributed by atoms with E-state index in [0.717, 1.165) is 25.2 Å². The summed E-state index contributed by atoms with van der Waals surface area (Å²) in [6.45, 7) is 3.23. The fourth-order valence-electron chi connectivity index (χ4n) is 3.49. The zero-order valence-electron chi connectivity index (χ0n) is 16.5. The van der Waals surface area contributed by atoms with Crippen molar-refractivity contribution in [2.75, 3.05) is 47.5 Å². The first-order chi connectivity index (χ1) is 13.5. The molecule has 1 N–H and O–H groups in total. The van der Waals surface area contributed by atoms with Gasteiger partial charge in [-0.15, -0.1) is 0 Å². The highest BCUT2D eigenvalue weighted by Gasteiger charge is 2.30. The van der Waals surface area contributed by atoms with Crippen LogP contribution in [0.15, 0.2) is 47.4 Å². The first kappa shape index (κ1) is 20.4. The van der Waals surface area contributed by atoms with E-state index in [4.69, 9.17) is 14.2 Å². The quantitative estimate of drug-likeness (QED) is 0.735. The molecule has 0 aromatic heterocycles. The lowest BCUT2D eigenvalue weighted by molar-refractivity contribution is -0.917. The summed E-state index contributed by atoms with van der Waals surface area (Å²) in [5.74, 6) is 1.82. The third-order valence-corrected chi connectivity index (χ3v) is 6.90. The number of nitrogens with one attached hydrogen (secondary N) is 1. The molecule has 2 aromatic rings. The van der Waals surface area contributed by atoms with Crippen LogP contribution < -0.4 is 19.1 Å². The lowest BCUT2D eigenvalue weighted by Gasteiger charge is -2.31. The lowest BCUT2D eigenvalue weighted by atomic mass is 10.1. The lowest BCUT2D eigenvalue weighted by Crippen LogP contribution is -3.13. The van der Waals surface area contributed by atoms with E-state index in [9.17, 15) is 8.42 Å². The standard InChI is InChI=1S/C20H26N2O5S/c1-25-18-13-16(14-19(26-2)20(18)27-3)15-21-9-11-22(12-10-21)28(23,24)17-7-5-4-6-8-17/h4-8,13-14H,9-12,15H2,1-3H3/p+1. The molecule has 1 aliphatic heterocycles. The van der Waals surface area contributed by atoms with E-state index >= 15 is 0 Å². The van der Waals surface area contributed by atoms with Crippen molar-refractivity contribution in [2.24, 2.45) is 0 Å². The molecule has 0 saturated carbocycles. The van der Waals surface area contributed by atoms with Gasteiger partial charge in [-0.05, 0) is 24.3 Å². The Morgan fingerprint density at radius 2 is 1.50 bits per heavy atom. The molecule has 1 aliphatic rings. The summed E-state index contributed by atoms with van der Waals surface area (Å²) in [4.78, 5) is 1.66. The molecule has 0 bridgehead atoms. The average molecular weight is 408 g/mol. The molecule has 8 heteroatoms. The van der Waals surface area contributed by atoms with Gasteiger partial charge >= 0.3 is 0 Å². The maximum absolute atomic E-state index is 12.8. The first-order valence-electron chi connectivity index (χ1n) is 9.17. The molecule has 3 rings (SSSR count). The van der Waals surface area contributed by atoms with Crippen molar-refractivity contribution in [3.8, 4) is 17.2 Å². The second kappa shape index (κ2) is 8.81. The summed E-state index contributed by atoms with van der Waals surface area (Å²) in [7, 11) is 1.35. The SMILES string of the molecule is COc1cc(C[NH+]2CCN(S(=O)(=O)c3ccccc3)CC2)cc(OC)c1OC. The van der Waals surface area contributed by atoms with Gasteiger partial charge in [-0.2, -0.15) is 4.31 Å². The Hall–Kier alpha value is -2.29. The maximum atomic E-state index is 12.8. The number of quaternary nitrogens is 1. The number of methoxy groups -OCH3 is 3. The van der Waals surface area contributed by atoms with E-state index in [0.29, 0.717) is 35.2 Å². The van der Waals surface area contributed by atoms with Crippen LogP contribution in [0.4, 0.5) is 0 Å². The Morgan fingerprint density at radius 3 is 2.00 bits per heavy atom. The van der Waals surface area contributed by atoms with Gasteiger partial charge in [-0.3, -0.25) is 0 Å². The summed E-state index contributed by atoms with van der Waals surface area (Å²) in [5.41, 5.74) is 1.06. The van der Waals surface area contributed by atoms with Crippen molar-refractivity contribution in [1.82, 2.24) is 4.31 Å². The molecule has 7 nitrogen and oxygen atoms in total. The molecule has 0 radical (unpaired) electrons. The highest BCUT2D eigenvalue weighted by molar-refractivity contribution is 7.89. The van der Waals surface area contributed by atoms with Crippen LogP contribution in [0.1, 0.15) is 5.56 Å². The van der Waals surface area contributed by atoms with E-state index < -0.39 is 10.0 Å². The third-order valence-electron chi connectivity index (χ3n) is 4.99. The first-order valence-corrected chi connectivity index (χ1v) is 10.6. The second-order valence-corrected chi connectivity index (χ2v) is 8.62. The van der Waals surface area contributed by atoms with Crippen molar-refractivity contribution in [3.63, 3.8) is 0 Å². The Kier molecular flexibility index (Phi) is 6.43. The molecule has 1 heterocycles. The second-order valence-electron chi connectivity index (χ2n) is 6.68. The van der Waals surface area contributed by atoms with E-state index in [2.05, 4.69) is 0 Å². The summed E-state index contributed by atoms with van der Waals surface area (Å²) < 4.78 is 43.3. The fraction of sp³-hybridized carbons (Fsp3) is 0.400. The molecule has 2 aromatic carbocycles. The topological polar surface area (TPSA) is 69.5 Å². The summed E-state index contributed by atoms with van der Waals surface area (Å²) in [6, 6.07) is 12.5. The summed E-state index contributed by atoms with van der Waals surface area (Å²) >= 11 is 0. The fourth-order valence-corrected chi connectivity index (χ4v) is 4.95. The van der Waals surface area contributed by atoms with Crippen LogP contribution in [0.3, 0.4) is 0 Å². The Balaban J connectivity index is 1.68. The minimum absolute atomic E-state index is 0.350. The van der Waals surface area contributed by atoms with Gasteiger partial charge in [0.1, 0.15) is 6.54 Å². The molecule has 1 saturated heterocycles. The predicted octanol–water partition coefficient (Wildman–Crippen LogP) is 0.802. The van der Waals surface area contributed by atoms with Crippen molar-refractivity contribution < 1.29 is 27.5 Å². The van der Waals surface area contributed by atoms with E-state index in [-0.39, 0.29) is 0 Å². The zero-order valence-corrected chi connectivity index (χ0v) is 17.3. The maximum Gasteiger partial charge on any atom is 0.243 e. The number of sulfonamides is 1. The van der Waals surface area contributed by atoms with Gasteiger partial charge in [-0.25, -0.2) is 8.42 Å². The highest BCUT2D eigenvalue weighted by atomic mass is 32.2. The van der Waals surface area contributed by atoms with Gasteiger partial charge in [0.2, 0.25) is 15.8 Å². The molecule has 152 valence electrons. The number of hydrogen-bond donors (Lipinski definition) is 1. The Morgan fingerprint density at radius 1 is 0.929 bits per heavy atom. The normalized spacial score (nSPS) is 16.0. The van der Waals surface area contributed by atoms with Crippen molar-refractivity contribution >= 4 is 10.0 Å². The molecular weight excluding hydrogens is 380 g/mol. The van der Waals surface area contributed by atoms with Crippen LogP contribution in [0.2, 0.25) is 0 Å². The largest absolute Gasteiger partial charge is 0.493 e. The molecule has 0 spiro atoms. The number of rotatable bonds is 7. The van der Waals surface area contributed by atoms with Crippen molar-refractivity contribution in [2.45, 2.75) is 11.4 Å². The van der Waals surface area contributed by atoms with Crippen LogP contribution in [-0.4, -0.2) is 60.2 Å². The smallest absolute Gasteiger partial charge is 0.243 e. The summed E-state index contributed by atoms with van der Waals surface area (Å²) in [5, 5.41) is 0. The van der Waals surface area contributed by atoms with Gasteiger partial charge in [-0.1, -0.05) is 18.2 Å². The Labute approximate surface area is 166 Å². The van der Waals surface area contributed by atoms with E-state index in [1.54, 1.807) is 49.9 Å². The predicted molar refractivity (Wildman–Crippen MR) is 106 cm³/mol. The van der Waals surface area contributed by atoms with Crippen LogP contribution in [0, 0.1) is 0 Å². The van der Waals surface area contributed by atoms with Crippen molar-refractivity contribution in [1.29, 1.82) is 0 Å². The Bertz CT molecular complexity index is 869. The number of ether oxygens (including phenoxy) is 3. The molecule has 0 amide bonds. The van der Waals surface area contributed by atoms with Gasteiger partial charge in [0.15, 0.2) is 11.5 Å². The van der Waals surface area contributed by atoms with Crippen LogP contribution in [0.5, 0.6) is 17.2 Å². The average Bonchev–Trinajstić information content (AvgIpc) is 2.74. The van der Waals surface area contributed by atoms with Gasteiger partial charge in [0.05, 0.1) is 52.4 Å². The molecule has 0 unspecified atom stereocenters. The molecule has 0 aliphatic carbocycles. The van der Waals surface area contributed by atoms with Crippen LogP contribution >= 0.6 is 0 Å². The highest BCUT2D eigenvalue weighted by Crippen LogP contribution is 2.38. The van der Waals surface area contributed by atoms with Crippen LogP contribution in [-0.2, 0) is 16.6 Å². The molecule has 28 heavy (non-hydrogen) atoms. The van der Waals surface area contributed by atoms with Gasteiger partial charge in [0.25, 0.3) is 0 Å². The van der Waals surface area contributed by atoms with E-state index in [1.165, 1.54) is 4.90 Å². The van der Waals surface area contributed by atoms with Crippen LogP contribution in [0.25, 0.3) is 0 Å². The zero-order chi connectivity index (χ0) is 20.1. The summed E-state index contributed by atoms with van der Waals surface area (Å²) in [6.07, 6.45) is 0. The molecular formula is C20H27N2O5S+. The minimum atomic E-state index is -3.43. The number of piperazine rings is 1. The third kappa shape index (κ3) is 4.24. The minimum Gasteiger partial charge on any atom is -0.493 e. The number of benzene rings is 2. The number of nitrogens with zero attached hydrogens (tertiary/aromatic N) is 1. The molecule has 0 atom stereocenters.